The molecular weight excluding hydrogens is 315 g/mol. The second kappa shape index (κ2) is 8.33. The fraction of sp³-hybridized carbons (Fsp3) is 0.278. The first kappa shape index (κ1) is 18.7. The highest BCUT2D eigenvalue weighted by atomic mass is 35.5. The average Bonchev–Trinajstić information content (AvgIpc) is 2.54. The van der Waals surface area contributed by atoms with Crippen LogP contribution in [0, 0.1) is 0 Å². The van der Waals surface area contributed by atoms with E-state index in [9.17, 15) is 0 Å². The molecule has 4 heteroatoms. The van der Waals surface area contributed by atoms with Crippen LogP contribution in [-0.4, -0.2) is 24.8 Å². The van der Waals surface area contributed by atoms with Crippen molar-refractivity contribution in [2.45, 2.75) is 25.4 Å². The van der Waals surface area contributed by atoms with Crippen LogP contribution in [0.15, 0.2) is 59.6 Å². The van der Waals surface area contributed by atoms with Crippen LogP contribution in [0.4, 0.5) is 0 Å². The van der Waals surface area contributed by atoms with E-state index < -0.39 is 0 Å². The molecule has 2 aromatic carbocycles. The second-order valence-corrected chi connectivity index (χ2v) is 5.35. The SMILES string of the molecule is CNC(C)C1Cc2ccccc2C(c2ccccc2)=N1.Cl.Cl. The van der Waals surface area contributed by atoms with Crippen molar-refractivity contribution in [3.63, 3.8) is 0 Å². The molecule has 0 spiro atoms. The second-order valence-electron chi connectivity index (χ2n) is 5.35. The van der Waals surface area contributed by atoms with Gasteiger partial charge in [0.2, 0.25) is 0 Å². The Morgan fingerprint density at radius 1 is 1.00 bits per heavy atom. The molecule has 2 atom stereocenters. The van der Waals surface area contributed by atoms with Crippen LogP contribution in [0.5, 0.6) is 0 Å². The molecule has 0 radical (unpaired) electrons. The molecule has 1 heterocycles. The summed E-state index contributed by atoms with van der Waals surface area (Å²) in [5.41, 5.74) is 5.00. The zero-order valence-corrected chi connectivity index (χ0v) is 14.5. The zero-order chi connectivity index (χ0) is 13.9. The molecule has 1 aliphatic heterocycles. The molecule has 0 saturated heterocycles. The summed E-state index contributed by atoms with van der Waals surface area (Å²) in [4.78, 5) is 5.02. The van der Waals surface area contributed by atoms with Crippen molar-refractivity contribution in [1.82, 2.24) is 5.32 Å². The zero-order valence-electron chi connectivity index (χ0n) is 12.8. The molecule has 2 unspecified atom stereocenters. The van der Waals surface area contributed by atoms with Gasteiger partial charge in [0, 0.05) is 17.2 Å². The fourth-order valence-corrected chi connectivity index (χ4v) is 2.74. The van der Waals surface area contributed by atoms with Gasteiger partial charge in [-0.25, -0.2) is 0 Å². The number of benzene rings is 2. The number of fused-ring (bicyclic) bond motifs is 1. The van der Waals surface area contributed by atoms with E-state index in [-0.39, 0.29) is 24.8 Å². The summed E-state index contributed by atoms with van der Waals surface area (Å²) < 4.78 is 0. The Bertz CT molecular complexity index is 626. The van der Waals surface area contributed by atoms with Crippen LogP contribution in [0.1, 0.15) is 23.6 Å². The third-order valence-corrected chi connectivity index (χ3v) is 4.08. The van der Waals surface area contributed by atoms with Crippen molar-refractivity contribution in [2.75, 3.05) is 7.05 Å². The highest BCUT2D eigenvalue weighted by Gasteiger charge is 2.24. The molecule has 0 bridgehead atoms. The Kier molecular flexibility index (Phi) is 7.08. The summed E-state index contributed by atoms with van der Waals surface area (Å²) in [5, 5.41) is 3.33. The number of aliphatic imine (C=N–C) groups is 1. The minimum atomic E-state index is 0. The van der Waals surface area contributed by atoms with E-state index in [0.29, 0.717) is 12.1 Å². The van der Waals surface area contributed by atoms with Crippen LogP contribution in [0.2, 0.25) is 0 Å². The third-order valence-electron chi connectivity index (χ3n) is 4.08. The first-order chi connectivity index (χ1) is 9.79. The van der Waals surface area contributed by atoms with E-state index >= 15 is 0 Å². The first-order valence-electron chi connectivity index (χ1n) is 7.18. The Labute approximate surface area is 144 Å². The summed E-state index contributed by atoms with van der Waals surface area (Å²) in [6, 6.07) is 19.8. The number of hydrogen-bond acceptors (Lipinski definition) is 2. The van der Waals surface area contributed by atoms with Crippen molar-refractivity contribution in [3.8, 4) is 0 Å². The molecule has 3 rings (SSSR count). The maximum absolute atomic E-state index is 5.02. The summed E-state index contributed by atoms with van der Waals surface area (Å²) >= 11 is 0. The molecule has 2 nitrogen and oxygen atoms in total. The number of nitrogens with one attached hydrogen (secondary N) is 1. The van der Waals surface area contributed by atoms with E-state index in [1.807, 2.05) is 13.1 Å². The number of rotatable bonds is 3. The maximum atomic E-state index is 5.02. The molecule has 2 aromatic rings. The van der Waals surface area contributed by atoms with Crippen LogP contribution < -0.4 is 5.32 Å². The van der Waals surface area contributed by atoms with Crippen LogP contribution in [0.25, 0.3) is 0 Å². The highest BCUT2D eigenvalue weighted by molar-refractivity contribution is 6.14. The summed E-state index contributed by atoms with van der Waals surface area (Å²) in [6.45, 7) is 2.20. The molecule has 1 aliphatic rings. The molecule has 0 fully saturated rings. The molecule has 118 valence electrons. The van der Waals surface area contributed by atoms with Gasteiger partial charge in [0.25, 0.3) is 0 Å². The van der Waals surface area contributed by atoms with Crippen LogP contribution in [0.3, 0.4) is 0 Å². The van der Waals surface area contributed by atoms with Gasteiger partial charge in [-0.15, -0.1) is 24.8 Å². The molecule has 0 aliphatic carbocycles. The molecular formula is C18H22Cl2N2. The van der Waals surface area contributed by atoms with E-state index in [0.717, 1.165) is 12.1 Å². The monoisotopic (exact) mass is 336 g/mol. The number of halogens is 2. The van der Waals surface area contributed by atoms with Gasteiger partial charge < -0.3 is 5.32 Å². The molecule has 22 heavy (non-hydrogen) atoms. The van der Waals surface area contributed by atoms with E-state index in [4.69, 9.17) is 4.99 Å². The van der Waals surface area contributed by atoms with Gasteiger partial charge in [-0.3, -0.25) is 4.99 Å². The van der Waals surface area contributed by atoms with Crippen molar-refractivity contribution in [3.05, 3.63) is 71.3 Å². The van der Waals surface area contributed by atoms with Gasteiger partial charge in [-0.2, -0.15) is 0 Å². The van der Waals surface area contributed by atoms with Crippen molar-refractivity contribution in [2.24, 2.45) is 4.99 Å². The molecule has 0 aromatic heterocycles. The number of hydrogen-bond donors (Lipinski definition) is 1. The summed E-state index contributed by atoms with van der Waals surface area (Å²) in [5.74, 6) is 0. The lowest BCUT2D eigenvalue weighted by molar-refractivity contribution is 0.486. The maximum Gasteiger partial charge on any atom is 0.0725 e. The van der Waals surface area contributed by atoms with E-state index in [1.54, 1.807) is 0 Å². The topological polar surface area (TPSA) is 24.4 Å². The smallest absolute Gasteiger partial charge is 0.0725 e. The van der Waals surface area contributed by atoms with E-state index in [2.05, 4.69) is 60.8 Å². The van der Waals surface area contributed by atoms with Gasteiger partial charge in [-0.1, -0.05) is 54.6 Å². The van der Waals surface area contributed by atoms with Crippen LogP contribution >= 0.6 is 24.8 Å². The van der Waals surface area contributed by atoms with Crippen molar-refractivity contribution >= 4 is 30.5 Å². The third kappa shape index (κ3) is 3.70. The lowest BCUT2D eigenvalue weighted by atomic mass is 9.88. The van der Waals surface area contributed by atoms with E-state index in [1.165, 1.54) is 16.7 Å². The molecule has 0 saturated carbocycles. The standard InChI is InChI=1S/C18H20N2.2ClH/c1-13(19-2)17-12-15-10-6-7-11-16(15)18(20-17)14-8-4-3-5-9-14;;/h3-11,13,17,19H,12H2,1-2H3;2*1H. The minimum Gasteiger partial charge on any atom is -0.315 e. The van der Waals surface area contributed by atoms with Crippen molar-refractivity contribution < 1.29 is 0 Å². The fourth-order valence-electron chi connectivity index (χ4n) is 2.74. The van der Waals surface area contributed by atoms with Crippen LogP contribution in [-0.2, 0) is 6.42 Å². The first-order valence-corrected chi connectivity index (χ1v) is 7.18. The lowest BCUT2D eigenvalue weighted by Crippen LogP contribution is -2.38. The van der Waals surface area contributed by atoms with Crippen molar-refractivity contribution in [1.29, 1.82) is 0 Å². The summed E-state index contributed by atoms with van der Waals surface area (Å²) in [7, 11) is 2.00. The molecule has 0 amide bonds. The lowest BCUT2D eigenvalue weighted by Gasteiger charge is -2.27. The predicted octanol–water partition coefficient (Wildman–Crippen LogP) is 3.90. The normalized spacial score (nSPS) is 17.4. The van der Waals surface area contributed by atoms with Gasteiger partial charge in [0.15, 0.2) is 0 Å². The predicted molar refractivity (Wildman–Crippen MR) is 99.0 cm³/mol. The minimum absolute atomic E-state index is 0. The van der Waals surface area contributed by atoms with Gasteiger partial charge in [0.05, 0.1) is 11.8 Å². The Hall–Kier alpha value is -1.35. The molecule has 1 N–H and O–H groups in total. The Morgan fingerprint density at radius 2 is 1.64 bits per heavy atom. The van der Waals surface area contributed by atoms with Gasteiger partial charge in [0.1, 0.15) is 0 Å². The quantitative estimate of drug-likeness (QED) is 0.903. The van der Waals surface area contributed by atoms with Gasteiger partial charge in [-0.05, 0) is 26.0 Å². The Morgan fingerprint density at radius 3 is 2.32 bits per heavy atom. The number of nitrogens with zero attached hydrogens (tertiary/aromatic N) is 1. The van der Waals surface area contributed by atoms with Gasteiger partial charge >= 0.3 is 0 Å². The number of likely N-dealkylation sites (N-methyl/N-ethyl adjacent to an activating group) is 1. The largest absolute Gasteiger partial charge is 0.315 e. The average molecular weight is 337 g/mol. The highest BCUT2D eigenvalue weighted by Crippen LogP contribution is 2.24. The Balaban J connectivity index is 0.00000121. The summed E-state index contributed by atoms with van der Waals surface area (Å²) in [6.07, 6.45) is 1.01.